The van der Waals surface area contributed by atoms with E-state index in [1.807, 2.05) is 43.3 Å². The molecule has 1 unspecified atom stereocenters. The van der Waals surface area contributed by atoms with Crippen molar-refractivity contribution in [3.05, 3.63) is 147 Å². The van der Waals surface area contributed by atoms with Gasteiger partial charge in [-0.1, -0.05) is 72.3 Å². The summed E-state index contributed by atoms with van der Waals surface area (Å²) >= 11 is 0. The third-order valence-corrected chi connectivity index (χ3v) is 7.82. The number of aryl methyl sites for hydroxylation is 1. The van der Waals surface area contributed by atoms with Crippen LogP contribution in [0, 0.1) is 12.7 Å². The Balaban J connectivity index is 1.50. The fourth-order valence-corrected chi connectivity index (χ4v) is 6.08. The second-order valence-electron chi connectivity index (χ2n) is 10.3. The Morgan fingerprint density at radius 2 is 1.55 bits per heavy atom. The number of anilines is 1. The third kappa shape index (κ3) is 3.30. The number of rotatable bonds is 4. The summed E-state index contributed by atoms with van der Waals surface area (Å²) in [6.07, 6.45) is 0. The highest BCUT2D eigenvalue weighted by Gasteiger charge is 2.64. The minimum Gasteiger partial charge on any atom is -0.450 e. The number of hydrogen-bond donors (Lipinski definition) is 0. The molecule has 2 aliphatic rings. The van der Waals surface area contributed by atoms with Crippen molar-refractivity contribution in [3.8, 4) is 0 Å². The Bertz CT molecular complexity index is 1910. The van der Waals surface area contributed by atoms with Gasteiger partial charge >= 0.3 is 0 Å². The highest BCUT2D eigenvalue weighted by atomic mass is 19.1. The highest BCUT2D eigenvalue weighted by Crippen LogP contribution is 2.53. The number of nitrogens with zero attached hydrogens (tertiary/aromatic N) is 2. The lowest BCUT2D eigenvalue weighted by Gasteiger charge is -2.34. The first-order valence-corrected chi connectivity index (χ1v) is 13.0. The van der Waals surface area contributed by atoms with Gasteiger partial charge in [0, 0.05) is 12.1 Å². The van der Waals surface area contributed by atoms with Crippen molar-refractivity contribution >= 4 is 28.5 Å². The van der Waals surface area contributed by atoms with Crippen LogP contribution in [0.5, 0.6) is 0 Å². The molecule has 1 aromatic heterocycles. The van der Waals surface area contributed by atoms with Crippen LogP contribution in [-0.4, -0.2) is 16.7 Å². The van der Waals surface area contributed by atoms with Gasteiger partial charge in [-0.25, -0.2) is 4.39 Å². The van der Waals surface area contributed by atoms with E-state index < -0.39 is 28.6 Å². The van der Waals surface area contributed by atoms with Gasteiger partial charge in [0.1, 0.15) is 11.4 Å². The zero-order chi connectivity index (χ0) is 27.6. The summed E-state index contributed by atoms with van der Waals surface area (Å²) in [5.41, 5.74) is 1.85. The van der Waals surface area contributed by atoms with E-state index in [2.05, 4.69) is 0 Å². The van der Waals surface area contributed by atoms with Crippen LogP contribution in [0.25, 0.3) is 11.0 Å². The number of halogens is 1. The SMILES string of the molecule is Cc1cccc(CN2C(=O)C3(c4ccccc42)c2c(oc4ccccc4c2=O)C(=O)N3Cc2ccc(F)cc2)c1. The first-order chi connectivity index (χ1) is 19.4. The molecule has 2 amide bonds. The van der Waals surface area contributed by atoms with E-state index in [1.54, 1.807) is 53.4 Å². The lowest BCUT2D eigenvalue weighted by Crippen LogP contribution is -2.52. The molecule has 0 fully saturated rings. The number of hydrogen-bond acceptors (Lipinski definition) is 4. The van der Waals surface area contributed by atoms with Crippen molar-refractivity contribution in [1.82, 2.24) is 4.90 Å². The van der Waals surface area contributed by atoms with E-state index in [0.29, 0.717) is 22.2 Å². The van der Waals surface area contributed by atoms with E-state index in [-0.39, 0.29) is 30.0 Å². The van der Waals surface area contributed by atoms with Gasteiger partial charge in [-0.3, -0.25) is 14.4 Å². The van der Waals surface area contributed by atoms with Crippen molar-refractivity contribution in [2.45, 2.75) is 25.6 Å². The summed E-state index contributed by atoms with van der Waals surface area (Å²) in [4.78, 5) is 46.2. The van der Waals surface area contributed by atoms with Crippen LogP contribution < -0.4 is 10.3 Å². The number of benzene rings is 4. The summed E-state index contributed by atoms with van der Waals surface area (Å²) in [5.74, 6) is -1.54. The van der Waals surface area contributed by atoms with Gasteiger partial charge in [-0.05, 0) is 48.4 Å². The second-order valence-corrected chi connectivity index (χ2v) is 10.3. The maximum absolute atomic E-state index is 14.8. The molecule has 0 bridgehead atoms. The first-order valence-electron chi connectivity index (χ1n) is 13.0. The van der Waals surface area contributed by atoms with E-state index >= 15 is 0 Å². The van der Waals surface area contributed by atoms with E-state index in [0.717, 1.165) is 11.1 Å². The predicted molar refractivity (Wildman–Crippen MR) is 148 cm³/mol. The number of carbonyl (C=O) groups is 2. The molecule has 0 saturated heterocycles. The minimum atomic E-state index is -1.74. The lowest BCUT2D eigenvalue weighted by atomic mass is 9.83. The van der Waals surface area contributed by atoms with E-state index in [9.17, 15) is 18.8 Å². The monoisotopic (exact) mass is 530 g/mol. The molecule has 5 aromatic rings. The van der Waals surface area contributed by atoms with Gasteiger partial charge in [0.2, 0.25) is 5.76 Å². The molecule has 3 heterocycles. The van der Waals surface area contributed by atoms with Crippen molar-refractivity contribution in [1.29, 1.82) is 0 Å². The fraction of sp³-hybridized carbons (Fsp3) is 0.121. The Hall–Kier alpha value is -5.04. The van der Waals surface area contributed by atoms with E-state index in [4.69, 9.17) is 4.42 Å². The van der Waals surface area contributed by atoms with Crippen molar-refractivity contribution in [2.24, 2.45) is 0 Å². The molecular weight excluding hydrogens is 507 g/mol. The minimum absolute atomic E-state index is 0.0162. The quantitative estimate of drug-likeness (QED) is 0.300. The average molecular weight is 531 g/mol. The van der Waals surface area contributed by atoms with Crippen LogP contribution in [0.4, 0.5) is 10.1 Å². The maximum atomic E-state index is 14.8. The zero-order valence-electron chi connectivity index (χ0n) is 21.6. The largest absolute Gasteiger partial charge is 0.450 e. The molecule has 1 atom stereocenters. The summed E-state index contributed by atoms with van der Waals surface area (Å²) in [7, 11) is 0. The first kappa shape index (κ1) is 24.0. The summed E-state index contributed by atoms with van der Waals surface area (Å²) in [6.45, 7) is 2.21. The zero-order valence-corrected chi connectivity index (χ0v) is 21.6. The van der Waals surface area contributed by atoms with Gasteiger partial charge in [-0.2, -0.15) is 0 Å². The Labute approximate surface area is 228 Å². The average Bonchev–Trinajstić information content (AvgIpc) is 3.35. The number of amides is 2. The van der Waals surface area contributed by atoms with Crippen LogP contribution >= 0.6 is 0 Å². The lowest BCUT2D eigenvalue weighted by molar-refractivity contribution is -0.126. The molecule has 7 heteroatoms. The molecule has 0 saturated carbocycles. The van der Waals surface area contributed by atoms with Gasteiger partial charge in [0.25, 0.3) is 11.8 Å². The van der Waals surface area contributed by atoms with Gasteiger partial charge in [-0.15, -0.1) is 0 Å². The number of fused-ring (bicyclic) bond motifs is 5. The Kier molecular flexibility index (Phi) is 5.25. The summed E-state index contributed by atoms with van der Waals surface area (Å²) in [6, 6.07) is 27.6. The summed E-state index contributed by atoms with van der Waals surface area (Å²) < 4.78 is 19.8. The van der Waals surface area contributed by atoms with Crippen LogP contribution in [0.3, 0.4) is 0 Å². The molecule has 1 spiro atoms. The molecule has 4 aromatic carbocycles. The van der Waals surface area contributed by atoms with Crippen LogP contribution in [-0.2, 0) is 23.4 Å². The van der Waals surface area contributed by atoms with Crippen molar-refractivity contribution in [3.63, 3.8) is 0 Å². The molecule has 40 heavy (non-hydrogen) atoms. The van der Waals surface area contributed by atoms with Crippen LogP contribution in [0.15, 0.2) is 106 Å². The molecular formula is C33H23FN2O4. The Morgan fingerprint density at radius 1 is 0.800 bits per heavy atom. The molecule has 6 nitrogen and oxygen atoms in total. The Morgan fingerprint density at radius 3 is 2.35 bits per heavy atom. The smallest absolute Gasteiger partial charge is 0.291 e. The van der Waals surface area contributed by atoms with Crippen molar-refractivity contribution < 1.29 is 18.4 Å². The van der Waals surface area contributed by atoms with Gasteiger partial charge < -0.3 is 14.2 Å². The second kappa shape index (κ2) is 8.74. The maximum Gasteiger partial charge on any atom is 0.291 e. The van der Waals surface area contributed by atoms with Crippen LogP contribution in [0.2, 0.25) is 0 Å². The molecule has 0 N–H and O–H groups in total. The highest BCUT2D eigenvalue weighted by molar-refractivity contribution is 6.17. The van der Waals surface area contributed by atoms with Gasteiger partial charge in [0.05, 0.1) is 23.2 Å². The molecule has 2 aliphatic heterocycles. The van der Waals surface area contributed by atoms with Crippen LogP contribution in [0.1, 0.15) is 38.4 Å². The summed E-state index contributed by atoms with van der Waals surface area (Å²) in [5, 5.41) is 0.291. The topological polar surface area (TPSA) is 70.8 Å². The standard InChI is InChI=1S/C33H23FN2O4/c1-20-7-6-8-22(17-20)18-35-26-11-4-3-10-25(26)33(32(35)39)28-29(37)24-9-2-5-12-27(24)40-30(28)31(38)36(33)19-21-13-15-23(34)16-14-21/h2-17H,18-19H2,1H3. The molecule has 7 rings (SSSR count). The third-order valence-electron chi connectivity index (χ3n) is 7.82. The van der Waals surface area contributed by atoms with Crippen molar-refractivity contribution in [2.75, 3.05) is 4.90 Å². The number of carbonyl (C=O) groups excluding carboxylic acids is 2. The number of para-hydroxylation sites is 2. The fourth-order valence-electron chi connectivity index (χ4n) is 6.08. The molecule has 0 radical (unpaired) electrons. The molecule has 0 aliphatic carbocycles. The predicted octanol–water partition coefficient (Wildman–Crippen LogP) is 5.69. The molecule has 196 valence electrons. The van der Waals surface area contributed by atoms with Gasteiger partial charge in [0.15, 0.2) is 11.0 Å². The normalized spacial score (nSPS) is 17.6. The van der Waals surface area contributed by atoms with E-state index in [1.165, 1.54) is 17.0 Å².